The molecule has 0 aromatic carbocycles. The molecule has 2 rings (SSSR count). The number of methoxy groups -OCH3 is 1. The topological polar surface area (TPSA) is 47.0 Å². The lowest BCUT2D eigenvalue weighted by Gasteiger charge is -2.00. The molecule has 2 aromatic heterocycles. The third-order valence-corrected chi connectivity index (χ3v) is 3.73. The molecule has 0 atom stereocenters. The predicted molar refractivity (Wildman–Crippen MR) is 73.4 cm³/mol. The maximum atomic E-state index is 13.7. The fraction of sp³-hybridized carbons (Fsp3) is 0.385. The van der Waals surface area contributed by atoms with Crippen LogP contribution >= 0.6 is 11.3 Å². The minimum absolute atomic E-state index is 0.352. The van der Waals surface area contributed by atoms with Gasteiger partial charge in [0.05, 0.1) is 18.5 Å². The van der Waals surface area contributed by atoms with E-state index in [4.69, 9.17) is 4.74 Å². The number of thiazole rings is 1. The minimum Gasteiger partial charge on any atom is -0.378 e. The monoisotopic (exact) mass is 281 g/mol. The average Bonchev–Trinajstić information content (AvgIpc) is 2.80. The molecule has 2 aromatic rings. The highest BCUT2D eigenvalue weighted by Gasteiger charge is 2.14. The number of halogens is 1. The van der Waals surface area contributed by atoms with Gasteiger partial charge in [0.1, 0.15) is 5.01 Å². The van der Waals surface area contributed by atoms with Gasteiger partial charge in [0, 0.05) is 30.3 Å². The highest BCUT2D eigenvalue weighted by molar-refractivity contribution is 7.15. The van der Waals surface area contributed by atoms with Gasteiger partial charge in [0.25, 0.3) is 0 Å². The van der Waals surface area contributed by atoms with Crippen molar-refractivity contribution in [2.24, 2.45) is 0 Å². The molecule has 4 nitrogen and oxygen atoms in total. The number of nitrogens with one attached hydrogen (secondary N) is 1. The van der Waals surface area contributed by atoms with E-state index in [-0.39, 0.29) is 5.82 Å². The Hall–Kier alpha value is -1.37. The molecule has 0 saturated heterocycles. The molecule has 2 heterocycles. The number of hydrogen-bond acceptors (Lipinski definition) is 5. The zero-order valence-corrected chi connectivity index (χ0v) is 11.8. The van der Waals surface area contributed by atoms with Crippen LogP contribution in [0.3, 0.4) is 0 Å². The van der Waals surface area contributed by atoms with Crippen LogP contribution in [0.15, 0.2) is 18.5 Å². The van der Waals surface area contributed by atoms with Gasteiger partial charge in [-0.25, -0.2) is 9.37 Å². The third kappa shape index (κ3) is 3.34. The van der Waals surface area contributed by atoms with Gasteiger partial charge in [-0.1, -0.05) is 6.92 Å². The van der Waals surface area contributed by atoms with E-state index < -0.39 is 0 Å². The molecule has 0 saturated carbocycles. The molecular weight excluding hydrogens is 265 g/mol. The Morgan fingerprint density at radius 1 is 1.47 bits per heavy atom. The Kier molecular flexibility index (Phi) is 4.95. The molecule has 102 valence electrons. The summed E-state index contributed by atoms with van der Waals surface area (Å²) in [6, 6.07) is 1.64. The zero-order valence-electron chi connectivity index (χ0n) is 10.9. The molecular formula is C13H16FN3OS. The summed E-state index contributed by atoms with van der Waals surface area (Å²) in [5.41, 5.74) is 1.35. The summed E-state index contributed by atoms with van der Waals surface area (Å²) in [4.78, 5) is 9.30. The molecule has 0 fully saturated rings. The quantitative estimate of drug-likeness (QED) is 0.884. The second-order valence-corrected chi connectivity index (χ2v) is 5.04. The van der Waals surface area contributed by atoms with Crippen molar-refractivity contribution in [1.29, 1.82) is 0 Å². The van der Waals surface area contributed by atoms with Crippen molar-refractivity contribution in [2.45, 2.75) is 20.1 Å². The first-order valence-corrected chi connectivity index (χ1v) is 6.86. The van der Waals surface area contributed by atoms with E-state index in [1.54, 1.807) is 19.4 Å². The summed E-state index contributed by atoms with van der Waals surface area (Å²) in [5.74, 6) is -0.352. The Morgan fingerprint density at radius 3 is 3.00 bits per heavy atom. The van der Waals surface area contributed by atoms with Crippen molar-refractivity contribution < 1.29 is 9.13 Å². The first-order chi connectivity index (χ1) is 9.26. The van der Waals surface area contributed by atoms with Crippen molar-refractivity contribution in [1.82, 2.24) is 15.3 Å². The number of hydrogen-bond donors (Lipinski definition) is 1. The largest absolute Gasteiger partial charge is 0.378 e. The average molecular weight is 281 g/mol. The van der Waals surface area contributed by atoms with Crippen LogP contribution in [0.2, 0.25) is 0 Å². The normalized spacial score (nSPS) is 10.9. The van der Waals surface area contributed by atoms with Crippen molar-refractivity contribution in [3.05, 3.63) is 34.8 Å². The van der Waals surface area contributed by atoms with Crippen LogP contribution in [-0.4, -0.2) is 23.6 Å². The standard InChI is InChI=1S/C13H16FN3OS/c1-3-15-7-12-11(8-18-2)17-13(19-12)9-4-5-16-6-10(9)14/h4-6,15H,3,7-8H2,1-2H3. The van der Waals surface area contributed by atoms with E-state index >= 15 is 0 Å². The summed E-state index contributed by atoms with van der Waals surface area (Å²) in [6.07, 6.45) is 2.77. The minimum atomic E-state index is -0.352. The van der Waals surface area contributed by atoms with Crippen molar-refractivity contribution >= 4 is 11.3 Å². The summed E-state index contributed by atoms with van der Waals surface area (Å²) >= 11 is 1.49. The molecule has 0 bridgehead atoms. The number of nitrogens with zero attached hydrogens (tertiary/aromatic N) is 2. The zero-order chi connectivity index (χ0) is 13.7. The molecule has 0 amide bonds. The fourth-order valence-electron chi connectivity index (χ4n) is 1.67. The Labute approximate surface area is 115 Å². The third-order valence-electron chi connectivity index (χ3n) is 2.60. The van der Waals surface area contributed by atoms with Crippen LogP contribution in [-0.2, 0) is 17.9 Å². The molecule has 0 spiro atoms. The first kappa shape index (κ1) is 14.0. The molecule has 0 unspecified atom stereocenters. The van der Waals surface area contributed by atoms with Crippen LogP contribution in [0.4, 0.5) is 4.39 Å². The Bertz CT molecular complexity index is 544. The van der Waals surface area contributed by atoms with Gasteiger partial charge in [-0.3, -0.25) is 4.98 Å². The van der Waals surface area contributed by atoms with Crippen molar-refractivity contribution in [3.63, 3.8) is 0 Å². The van der Waals surface area contributed by atoms with Crippen LogP contribution in [0.1, 0.15) is 17.5 Å². The second-order valence-electron chi connectivity index (χ2n) is 3.96. The molecule has 0 radical (unpaired) electrons. The van der Waals surface area contributed by atoms with Crippen LogP contribution < -0.4 is 5.32 Å². The second kappa shape index (κ2) is 6.70. The van der Waals surface area contributed by atoms with E-state index in [9.17, 15) is 4.39 Å². The van der Waals surface area contributed by atoms with E-state index in [2.05, 4.69) is 15.3 Å². The smallest absolute Gasteiger partial charge is 0.151 e. The number of aromatic nitrogens is 2. The van der Waals surface area contributed by atoms with Gasteiger partial charge in [0.15, 0.2) is 5.82 Å². The summed E-state index contributed by atoms with van der Waals surface area (Å²) in [6.45, 7) is 4.08. The van der Waals surface area contributed by atoms with Crippen LogP contribution in [0.5, 0.6) is 0 Å². The molecule has 19 heavy (non-hydrogen) atoms. The molecule has 1 N–H and O–H groups in total. The number of ether oxygens (including phenoxy) is 1. The predicted octanol–water partition coefficient (Wildman–Crippen LogP) is 2.60. The van der Waals surface area contributed by atoms with Gasteiger partial charge in [-0.05, 0) is 12.6 Å². The summed E-state index contributed by atoms with van der Waals surface area (Å²) < 4.78 is 18.8. The summed E-state index contributed by atoms with van der Waals surface area (Å²) in [7, 11) is 1.63. The highest BCUT2D eigenvalue weighted by atomic mass is 32.1. The Morgan fingerprint density at radius 2 is 2.32 bits per heavy atom. The SMILES string of the molecule is CCNCc1sc(-c2ccncc2F)nc1COC. The van der Waals surface area contributed by atoms with Gasteiger partial charge < -0.3 is 10.1 Å². The van der Waals surface area contributed by atoms with E-state index in [0.29, 0.717) is 17.2 Å². The number of pyridine rings is 1. The van der Waals surface area contributed by atoms with E-state index in [1.807, 2.05) is 6.92 Å². The van der Waals surface area contributed by atoms with Gasteiger partial charge in [-0.15, -0.1) is 11.3 Å². The Balaban J connectivity index is 2.34. The lowest BCUT2D eigenvalue weighted by molar-refractivity contribution is 0.181. The lowest BCUT2D eigenvalue weighted by atomic mass is 10.2. The van der Waals surface area contributed by atoms with Crippen LogP contribution in [0, 0.1) is 5.82 Å². The van der Waals surface area contributed by atoms with Gasteiger partial charge in [0.2, 0.25) is 0 Å². The van der Waals surface area contributed by atoms with Crippen molar-refractivity contribution in [2.75, 3.05) is 13.7 Å². The summed E-state index contributed by atoms with van der Waals surface area (Å²) in [5, 5.41) is 3.92. The molecule has 0 aliphatic rings. The first-order valence-electron chi connectivity index (χ1n) is 6.04. The molecule has 0 aliphatic carbocycles. The fourth-order valence-corrected chi connectivity index (χ4v) is 2.73. The lowest BCUT2D eigenvalue weighted by Crippen LogP contribution is -2.12. The van der Waals surface area contributed by atoms with Gasteiger partial charge >= 0.3 is 0 Å². The maximum Gasteiger partial charge on any atom is 0.151 e. The molecule has 0 aliphatic heterocycles. The highest BCUT2D eigenvalue weighted by Crippen LogP contribution is 2.29. The van der Waals surface area contributed by atoms with Crippen LogP contribution in [0.25, 0.3) is 10.6 Å². The van der Waals surface area contributed by atoms with E-state index in [1.165, 1.54) is 17.5 Å². The molecule has 6 heteroatoms. The van der Waals surface area contributed by atoms with Gasteiger partial charge in [-0.2, -0.15) is 0 Å². The van der Waals surface area contributed by atoms with Crippen molar-refractivity contribution in [3.8, 4) is 10.6 Å². The van der Waals surface area contributed by atoms with E-state index in [0.717, 1.165) is 23.7 Å². The maximum absolute atomic E-state index is 13.7. The number of rotatable bonds is 6.